The molecule has 0 spiro atoms. The van der Waals surface area contributed by atoms with Crippen LogP contribution in [0.5, 0.6) is 0 Å². The van der Waals surface area contributed by atoms with Crippen molar-refractivity contribution in [2.24, 2.45) is 0 Å². The quantitative estimate of drug-likeness (QED) is 0.277. The highest BCUT2D eigenvalue weighted by Crippen LogP contribution is 2.40. The van der Waals surface area contributed by atoms with Crippen LogP contribution < -0.4 is 16.0 Å². The van der Waals surface area contributed by atoms with Crippen LogP contribution in [0, 0.1) is 0 Å². The fourth-order valence-electron chi connectivity index (χ4n) is 5.95. The van der Waals surface area contributed by atoms with Gasteiger partial charge in [0.05, 0.1) is 22.8 Å². The molecule has 1 aromatic heterocycles. The van der Waals surface area contributed by atoms with Gasteiger partial charge in [0.2, 0.25) is 5.91 Å². The van der Waals surface area contributed by atoms with Gasteiger partial charge in [-0.15, -0.1) is 10.2 Å². The zero-order chi connectivity index (χ0) is 27.1. The molecule has 3 aromatic rings. The molecule has 4 heterocycles. The first-order valence-corrected chi connectivity index (χ1v) is 13.8. The average Bonchev–Trinajstić information content (AvgIpc) is 3.23. The molecular formula is C27H30Cl2N8O2. The third kappa shape index (κ3) is 5.08. The average molecular weight is 569 g/mol. The lowest BCUT2D eigenvalue weighted by atomic mass is 10.0. The fraction of sp³-hybridized carbons (Fsp3) is 0.407. The number of piperazine rings is 2. The Morgan fingerprint density at radius 2 is 1.95 bits per heavy atom. The van der Waals surface area contributed by atoms with Crippen LogP contribution in [0.2, 0.25) is 10.0 Å². The number of ketones is 1. The number of hydrogen-bond donors (Lipinski definition) is 3. The first-order valence-electron chi connectivity index (χ1n) is 13.1. The topological polar surface area (TPSA) is 117 Å². The standard InChI is InChI=1S/C27H30Cl2N8O2/c1-17(38)32-26(36-10-8-30-9-11-36)27-15-35(13-23(27)33-27)14-24-34-31-16-37(24)22-7-6-18(28)12-20(22)25(39)19-4-2-3-5-21(19)29/h2-7,12,16,23,26,30,33H,8-11,13-15H2,1H3,(H,32,38). The molecule has 3 saturated heterocycles. The van der Waals surface area contributed by atoms with Crippen LogP contribution in [0.15, 0.2) is 48.8 Å². The van der Waals surface area contributed by atoms with Crippen molar-refractivity contribution >= 4 is 34.9 Å². The molecule has 6 rings (SSSR count). The number of rotatable bonds is 8. The van der Waals surface area contributed by atoms with E-state index in [0.29, 0.717) is 39.2 Å². The molecule has 3 aliphatic heterocycles. The van der Waals surface area contributed by atoms with E-state index >= 15 is 0 Å². The summed E-state index contributed by atoms with van der Waals surface area (Å²) >= 11 is 12.7. The molecule has 10 nitrogen and oxygen atoms in total. The Kier molecular flexibility index (Phi) is 7.17. The maximum atomic E-state index is 13.5. The summed E-state index contributed by atoms with van der Waals surface area (Å²) < 4.78 is 1.84. The lowest BCUT2D eigenvalue weighted by Crippen LogP contribution is -2.63. The number of nitrogens with zero attached hydrogens (tertiary/aromatic N) is 5. The number of halogens is 2. The summed E-state index contributed by atoms with van der Waals surface area (Å²) in [5.41, 5.74) is 1.25. The molecule has 3 unspecified atom stereocenters. The van der Waals surface area contributed by atoms with Crippen LogP contribution >= 0.6 is 23.2 Å². The van der Waals surface area contributed by atoms with E-state index in [9.17, 15) is 9.59 Å². The van der Waals surface area contributed by atoms with E-state index in [2.05, 4.69) is 35.9 Å². The van der Waals surface area contributed by atoms with E-state index in [0.717, 1.165) is 39.3 Å². The second kappa shape index (κ2) is 10.6. The minimum absolute atomic E-state index is 0.0306. The monoisotopic (exact) mass is 568 g/mol. The number of carbonyl (C=O) groups is 2. The van der Waals surface area contributed by atoms with E-state index in [1.807, 2.05) is 4.57 Å². The highest BCUT2D eigenvalue weighted by molar-refractivity contribution is 6.35. The number of carbonyl (C=O) groups excluding carboxylic acids is 2. The molecule has 12 heteroatoms. The van der Waals surface area contributed by atoms with E-state index in [4.69, 9.17) is 23.2 Å². The molecule has 3 aliphatic rings. The van der Waals surface area contributed by atoms with Gasteiger partial charge in [-0.1, -0.05) is 35.3 Å². The first kappa shape index (κ1) is 26.4. The molecule has 2 aromatic carbocycles. The second-order valence-electron chi connectivity index (χ2n) is 10.4. The molecule has 204 valence electrons. The van der Waals surface area contributed by atoms with Crippen LogP contribution in [0.3, 0.4) is 0 Å². The zero-order valence-electron chi connectivity index (χ0n) is 21.5. The molecule has 39 heavy (non-hydrogen) atoms. The summed E-state index contributed by atoms with van der Waals surface area (Å²) in [4.78, 5) is 30.3. The lowest BCUT2D eigenvalue weighted by Gasteiger charge is -2.39. The lowest BCUT2D eigenvalue weighted by molar-refractivity contribution is -0.121. The van der Waals surface area contributed by atoms with Crippen molar-refractivity contribution in [3.05, 3.63) is 75.8 Å². The Morgan fingerprint density at radius 3 is 2.72 bits per heavy atom. The van der Waals surface area contributed by atoms with Crippen molar-refractivity contribution in [1.82, 2.24) is 40.5 Å². The van der Waals surface area contributed by atoms with E-state index < -0.39 is 0 Å². The summed E-state index contributed by atoms with van der Waals surface area (Å²) in [5, 5.41) is 19.7. The van der Waals surface area contributed by atoms with Crippen LogP contribution in [0.1, 0.15) is 28.7 Å². The van der Waals surface area contributed by atoms with Crippen molar-refractivity contribution in [2.45, 2.75) is 31.2 Å². The van der Waals surface area contributed by atoms with Crippen molar-refractivity contribution in [2.75, 3.05) is 39.3 Å². The van der Waals surface area contributed by atoms with Gasteiger partial charge in [0.15, 0.2) is 11.6 Å². The Bertz CT molecular complexity index is 1410. The predicted octanol–water partition coefficient (Wildman–Crippen LogP) is 1.70. The molecule has 0 aliphatic carbocycles. The van der Waals surface area contributed by atoms with Gasteiger partial charge >= 0.3 is 0 Å². The summed E-state index contributed by atoms with van der Waals surface area (Å²) in [7, 11) is 0. The van der Waals surface area contributed by atoms with E-state index in [-0.39, 0.29) is 29.4 Å². The predicted molar refractivity (Wildman–Crippen MR) is 148 cm³/mol. The molecule has 1 amide bonds. The van der Waals surface area contributed by atoms with Crippen LogP contribution in [0.4, 0.5) is 0 Å². The summed E-state index contributed by atoms with van der Waals surface area (Å²) in [5.74, 6) is 0.453. The molecule has 0 saturated carbocycles. The van der Waals surface area contributed by atoms with Gasteiger partial charge in [0, 0.05) is 68.4 Å². The molecule has 0 radical (unpaired) electrons. The normalized spacial score (nSPS) is 23.8. The fourth-order valence-corrected chi connectivity index (χ4v) is 6.35. The molecule has 3 N–H and O–H groups in total. The van der Waals surface area contributed by atoms with Gasteiger partial charge in [-0.05, 0) is 30.3 Å². The number of nitrogens with one attached hydrogen (secondary N) is 3. The minimum atomic E-state index is -0.225. The summed E-state index contributed by atoms with van der Waals surface area (Å²) in [6, 6.07) is 12.5. The molecular weight excluding hydrogens is 539 g/mol. The van der Waals surface area contributed by atoms with Gasteiger partial charge in [0.25, 0.3) is 0 Å². The maximum Gasteiger partial charge on any atom is 0.218 e. The first-order chi connectivity index (χ1) is 18.9. The van der Waals surface area contributed by atoms with Crippen molar-refractivity contribution < 1.29 is 9.59 Å². The van der Waals surface area contributed by atoms with Gasteiger partial charge in [-0.3, -0.25) is 29.3 Å². The highest BCUT2D eigenvalue weighted by atomic mass is 35.5. The summed E-state index contributed by atoms with van der Waals surface area (Å²) in [6.45, 7) is 7.26. The number of fused-ring (bicyclic) bond motifs is 1. The third-order valence-electron chi connectivity index (χ3n) is 7.82. The zero-order valence-corrected chi connectivity index (χ0v) is 23.0. The number of amides is 1. The third-order valence-corrected chi connectivity index (χ3v) is 8.38. The van der Waals surface area contributed by atoms with Gasteiger partial charge in [0.1, 0.15) is 12.5 Å². The number of aromatic nitrogens is 3. The maximum absolute atomic E-state index is 13.5. The van der Waals surface area contributed by atoms with Crippen LogP contribution in [-0.4, -0.2) is 93.3 Å². The minimum Gasteiger partial charge on any atom is -0.339 e. The SMILES string of the molecule is CC(=O)NC(N1CCNCC1)C12CN(Cc3nncn3-c3ccc(Cl)cc3C(=O)c3ccccc3Cl)CC1N2. The Hall–Kier alpha value is -2.86. The highest BCUT2D eigenvalue weighted by Gasteiger charge is 2.65. The Balaban J connectivity index is 1.25. The largest absolute Gasteiger partial charge is 0.339 e. The van der Waals surface area contributed by atoms with Gasteiger partial charge in [-0.25, -0.2) is 0 Å². The Labute approximate surface area is 236 Å². The molecule has 3 atom stereocenters. The van der Waals surface area contributed by atoms with Crippen molar-refractivity contribution in [3.63, 3.8) is 0 Å². The molecule has 3 fully saturated rings. The van der Waals surface area contributed by atoms with Gasteiger partial charge in [-0.2, -0.15) is 0 Å². The smallest absolute Gasteiger partial charge is 0.218 e. The van der Waals surface area contributed by atoms with Crippen molar-refractivity contribution in [3.8, 4) is 5.69 Å². The van der Waals surface area contributed by atoms with Gasteiger partial charge < -0.3 is 10.6 Å². The van der Waals surface area contributed by atoms with Crippen LogP contribution in [-0.2, 0) is 11.3 Å². The van der Waals surface area contributed by atoms with E-state index in [1.165, 1.54) is 0 Å². The number of benzene rings is 2. The second-order valence-corrected chi connectivity index (χ2v) is 11.2. The Morgan fingerprint density at radius 1 is 1.15 bits per heavy atom. The number of likely N-dealkylation sites (tertiary alicyclic amines) is 1. The summed E-state index contributed by atoms with van der Waals surface area (Å²) in [6.07, 6.45) is 1.54. The van der Waals surface area contributed by atoms with Crippen LogP contribution in [0.25, 0.3) is 5.69 Å². The van der Waals surface area contributed by atoms with E-state index in [1.54, 1.807) is 55.7 Å². The number of hydrogen-bond acceptors (Lipinski definition) is 8. The van der Waals surface area contributed by atoms with Crippen molar-refractivity contribution in [1.29, 1.82) is 0 Å². The molecule has 0 bridgehead atoms.